The molecule has 0 aliphatic carbocycles. The summed E-state index contributed by atoms with van der Waals surface area (Å²) in [6.07, 6.45) is 2.71. The summed E-state index contributed by atoms with van der Waals surface area (Å²) in [5, 5.41) is 9.10. The Kier molecular flexibility index (Phi) is 4.49. The van der Waals surface area contributed by atoms with Crippen molar-refractivity contribution in [2.24, 2.45) is 0 Å². The first-order valence-electron chi connectivity index (χ1n) is 4.85. The molecule has 0 saturated heterocycles. The summed E-state index contributed by atoms with van der Waals surface area (Å²) in [6, 6.07) is 0. The van der Waals surface area contributed by atoms with Crippen LogP contribution in [0.3, 0.4) is 0 Å². The van der Waals surface area contributed by atoms with Gasteiger partial charge in [-0.25, -0.2) is 14.8 Å². The van der Waals surface area contributed by atoms with E-state index in [1.165, 1.54) is 11.8 Å². The average molecular weight is 238 g/mol. The minimum atomic E-state index is -0.933. The summed E-state index contributed by atoms with van der Waals surface area (Å²) < 4.78 is 0. The molecule has 1 heterocycles. The molecule has 1 aromatic heterocycles. The van der Waals surface area contributed by atoms with Crippen molar-refractivity contribution < 1.29 is 9.90 Å². The standard InChI is InChI=1S/C11H14N2O2S/c1-7-8(2)12-11(13-9(7)3)16-6-4-5-10(14)15/h4-5H,6H2,1-3H3,(H,14,15)/b5-4+. The van der Waals surface area contributed by atoms with Crippen molar-refractivity contribution in [3.63, 3.8) is 0 Å². The van der Waals surface area contributed by atoms with Gasteiger partial charge < -0.3 is 5.11 Å². The largest absolute Gasteiger partial charge is 0.478 e. The van der Waals surface area contributed by atoms with Gasteiger partial charge in [-0.3, -0.25) is 0 Å². The number of aromatic nitrogens is 2. The molecule has 5 heteroatoms. The molecule has 0 atom stereocenters. The van der Waals surface area contributed by atoms with Crippen LogP contribution in [0.1, 0.15) is 17.0 Å². The van der Waals surface area contributed by atoms with Crippen LogP contribution in [0.5, 0.6) is 0 Å². The second-order valence-corrected chi connectivity index (χ2v) is 4.34. The highest BCUT2D eigenvalue weighted by molar-refractivity contribution is 7.99. The number of carbonyl (C=O) groups is 1. The van der Waals surface area contributed by atoms with E-state index in [-0.39, 0.29) is 0 Å². The van der Waals surface area contributed by atoms with Crippen molar-refractivity contribution in [2.75, 3.05) is 5.75 Å². The van der Waals surface area contributed by atoms with Crippen LogP contribution in [0.25, 0.3) is 0 Å². The zero-order valence-corrected chi connectivity index (χ0v) is 10.3. The van der Waals surface area contributed by atoms with Gasteiger partial charge in [0.05, 0.1) is 0 Å². The Balaban J connectivity index is 2.65. The van der Waals surface area contributed by atoms with Crippen LogP contribution in [0.4, 0.5) is 0 Å². The van der Waals surface area contributed by atoms with Gasteiger partial charge in [-0.15, -0.1) is 0 Å². The van der Waals surface area contributed by atoms with Gasteiger partial charge in [-0.05, 0) is 26.3 Å². The summed E-state index contributed by atoms with van der Waals surface area (Å²) in [4.78, 5) is 18.9. The monoisotopic (exact) mass is 238 g/mol. The number of carboxylic acid groups (broad SMARTS) is 1. The topological polar surface area (TPSA) is 63.1 Å². The van der Waals surface area contributed by atoms with Gasteiger partial charge in [0.2, 0.25) is 0 Å². The molecule has 86 valence electrons. The van der Waals surface area contributed by atoms with Crippen LogP contribution in [0, 0.1) is 20.8 Å². The van der Waals surface area contributed by atoms with Crippen molar-refractivity contribution in [3.05, 3.63) is 29.1 Å². The molecule has 4 nitrogen and oxygen atoms in total. The predicted octanol–water partition coefficient (Wildman–Crippen LogP) is 2.13. The maximum absolute atomic E-state index is 10.2. The SMILES string of the molecule is Cc1nc(SC/C=C/C(=O)O)nc(C)c1C. The van der Waals surface area contributed by atoms with E-state index in [4.69, 9.17) is 5.11 Å². The third kappa shape index (κ3) is 3.66. The summed E-state index contributed by atoms with van der Waals surface area (Å²) in [5.74, 6) is -0.369. The van der Waals surface area contributed by atoms with Crippen LogP contribution in [-0.2, 0) is 4.79 Å². The van der Waals surface area contributed by atoms with Crippen LogP contribution in [0.2, 0.25) is 0 Å². The van der Waals surface area contributed by atoms with E-state index in [2.05, 4.69) is 9.97 Å². The number of nitrogens with zero attached hydrogens (tertiary/aromatic N) is 2. The van der Waals surface area contributed by atoms with Crippen molar-refractivity contribution in [3.8, 4) is 0 Å². The maximum Gasteiger partial charge on any atom is 0.328 e. The summed E-state index contributed by atoms with van der Waals surface area (Å²) in [5.41, 5.74) is 3.04. The molecule has 0 spiro atoms. The number of carboxylic acids is 1. The third-order valence-corrected chi connectivity index (χ3v) is 2.98. The number of hydrogen-bond donors (Lipinski definition) is 1. The Bertz CT molecular complexity index is 407. The highest BCUT2D eigenvalue weighted by Crippen LogP contribution is 2.16. The minimum Gasteiger partial charge on any atom is -0.478 e. The molecule has 0 amide bonds. The van der Waals surface area contributed by atoms with E-state index in [0.29, 0.717) is 10.9 Å². The smallest absolute Gasteiger partial charge is 0.328 e. The first-order valence-corrected chi connectivity index (χ1v) is 5.83. The molecule has 0 aromatic carbocycles. The fourth-order valence-corrected chi connectivity index (χ4v) is 1.82. The van der Waals surface area contributed by atoms with E-state index in [1.807, 2.05) is 20.8 Å². The lowest BCUT2D eigenvalue weighted by Crippen LogP contribution is -1.98. The molecule has 0 radical (unpaired) electrons. The molecular weight excluding hydrogens is 224 g/mol. The average Bonchev–Trinajstić information content (AvgIpc) is 2.20. The fourth-order valence-electron chi connectivity index (χ4n) is 1.08. The second-order valence-electron chi connectivity index (χ2n) is 3.35. The Labute approximate surface area is 98.8 Å². The molecule has 1 rings (SSSR count). The lowest BCUT2D eigenvalue weighted by molar-refractivity contribution is -0.131. The molecule has 0 aliphatic heterocycles. The zero-order chi connectivity index (χ0) is 12.1. The third-order valence-electron chi connectivity index (χ3n) is 2.18. The number of thioether (sulfide) groups is 1. The van der Waals surface area contributed by atoms with E-state index >= 15 is 0 Å². The molecule has 1 N–H and O–H groups in total. The van der Waals surface area contributed by atoms with Crippen LogP contribution >= 0.6 is 11.8 Å². The summed E-state index contributed by atoms with van der Waals surface area (Å²) in [6.45, 7) is 5.88. The second kappa shape index (κ2) is 5.65. The predicted molar refractivity (Wildman–Crippen MR) is 63.7 cm³/mol. The lowest BCUT2D eigenvalue weighted by Gasteiger charge is -2.05. The van der Waals surface area contributed by atoms with E-state index in [9.17, 15) is 4.79 Å². The highest BCUT2D eigenvalue weighted by atomic mass is 32.2. The van der Waals surface area contributed by atoms with Crippen molar-refractivity contribution in [1.29, 1.82) is 0 Å². The first kappa shape index (κ1) is 12.7. The molecule has 0 unspecified atom stereocenters. The van der Waals surface area contributed by atoms with Gasteiger partial charge in [0.25, 0.3) is 0 Å². The maximum atomic E-state index is 10.2. The first-order chi connectivity index (χ1) is 7.50. The van der Waals surface area contributed by atoms with Crippen LogP contribution < -0.4 is 0 Å². The molecule has 0 bridgehead atoms. The number of aliphatic carboxylic acids is 1. The molecule has 0 aliphatic rings. The van der Waals surface area contributed by atoms with Gasteiger partial charge in [-0.1, -0.05) is 17.8 Å². The number of hydrogen-bond acceptors (Lipinski definition) is 4. The number of aryl methyl sites for hydroxylation is 2. The number of rotatable bonds is 4. The Morgan fingerprint density at radius 3 is 2.38 bits per heavy atom. The Morgan fingerprint density at radius 2 is 1.88 bits per heavy atom. The van der Waals surface area contributed by atoms with Crippen molar-refractivity contribution >= 4 is 17.7 Å². The molecule has 1 aromatic rings. The molecule has 16 heavy (non-hydrogen) atoms. The fraction of sp³-hybridized carbons (Fsp3) is 0.364. The van der Waals surface area contributed by atoms with Gasteiger partial charge in [0.15, 0.2) is 5.16 Å². The quantitative estimate of drug-likeness (QED) is 0.494. The molecular formula is C11H14N2O2S. The highest BCUT2D eigenvalue weighted by Gasteiger charge is 2.03. The van der Waals surface area contributed by atoms with Crippen LogP contribution in [0.15, 0.2) is 17.3 Å². The molecule has 0 fully saturated rings. The summed E-state index contributed by atoms with van der Waals surface area (Å²) in [7, 11) is 0. The molecule has 0 saturated carbocycles. The van der Waals surface area contributed by atoms with E-state index in [0.717, 1.165) is 23.0 Å². The Morgan fingerprint density at radius 1 is 1.31 bits per heavy atom. The van der Waals surface area contributed by atoms with Gasteiger partial charge in [-0.2, -0.15) is 0 Å². The summed E-state index contributed by atoms with van der Waals surface area (Å²) >= 11 is 1.43. The van der Waals surface area contributed by atoms with Crippen molar-refractivity contribution in [1.82, 2.24) is 9.97 Å². The normalized spacial score (nSPS) is 10.9. The minimum absolute atomic E-state index is 0.564. The van der Waals surface area contributed by atoms with Crippen LogP contribution in [-0.4, -0.2) is 26.8 Å². The van der Waals surface area contributed by atoms with E-state index < -0.39 is 5.97 Å². The van der Waals surface area contributed by atoms with Crippen molar-refractivity contribution in [2.45, 2.75) is 25.9 Å². The van der Waals surface area contributed by atoms with Gasteiger partial charge in [0, 0.05) is 23.2 Å². The lowest BCUT2D eigenvalue weighted by atomic mass is 10.2. The van der Waals surface area contributed by atoms with Gasteiger partial charge >= 0.3 is 5.97 Å². The Hall–Kier alpha value is -1.36. The zero-order valence-electron chi connectivity index (χ0n) is 9.52. The van der Waals surface area contributed by atoms with Gasteiger partial charge in [0.1, 0.15) is 0 Å². The van der Waals surface area contributed by atoms with E-state index in [1.54, 1.807) is 6.08 Å².